The molecule has 0 saturated heterocycles. The van der Waals surface area contributed by atoms with Crippen LogP contribution in [0.2, 0.25) is 0 Å². The molecule has 3 rings (SSSR count). The first-order chi connectivity index (χ1) is 8.36. The molecule has 90 valence electrons. The number of carbonyl (C=O) groups excluding carboxylic acids is 1. The van der Waals surface area contributed by atoms with Crippen LogP contribution in [0.5, 0.6) is 0 Å². The van der Waals surface area contributed by atoms with E-state index in [0.29, 0.717) is 23.5 Å². The lowest BCUT2D eigenvalue weighted by Gasteiger charge is -2.20. The van der Waals surface area contributed by atoms with Crippen molar-refractivity contribution in [1.29, 1.82) is 0 Å². The molecule has 2 atom stereocenters. The van der Waals surface area contributed by atoms with E-state index in [4.69, 9.17) is 0 Å². The number of benzene rings is 1. The highest BCUT2D eigenvalue weighted by molar-refractivity contribution is 5.87. The highest BCUT2D eigenvalue weighted by atomic mass is 16.1. The second-order valence-electron chi connectivity index (χ2n) is 5.60. The molecule has 0 amide bonds. The fraction of sp³-hybridized carbons (Fsp3) is 0.562. The molecule has 1 heteroatoms. The van der Waals surface area contributed by atoms with Crippen molar-refractivity contribution >= 4 is 5.78 Å². The summed E-state index contributed by atoms with van der Waals surface area (Å²) in [7, 11) is 0. The Morgan fingerprint density at radius 2 is 1.71 bits per heavy atom. The summed E-state index contributed by atoms with van der Waals surface area (Å²) in [5, 5.41) is 0. The van der Waals surface area contributed by atoms with Crippen LogP contribution in [0.4, 0.5) is 0 Å². The van der Waals surface area contributed by atoms with E-state index in [9.17, 15) is 4.79 Å². The summed E-state index contributed by atoms with van der Waals surface area (Å²) in [4.78, 5) is 12.3. The Morgan fingerprint density at radius 1 is 1.00 bits per heavy atom. The second kappa shape index (κ2) is 4.64. The van der Waals surface area contributed by atoms with E-state index in [1.54, 1.807) is 0 Å². The van der Waals surface area contributed by atoms with Crippen molar-refractivity contribution in [3.05, 3.63) is 35.9 Å². The minimum absolute atomic E-state index is 0.348. The van der Waals surface area contributed by atoms with Gasteiger partial charge in [-0.05, 0) is 30.7 Å². The van der Waals surface area contributed by atoms with E-state index in [2.05, 4.69) is 24.3 Å². The Bertz CT molecular complexity index is 389. The highest BCUT2D eigenvalue weighted by Crippen LogP contribution is 2.50. The highest BCUT2D eigenvalue weighted by Gasteiger charge is 2.45. The molecule has 2 aliphatic carbocycles. The van der Waals surface area contributed by atoms with Gasteiger partial charge in [-0.15, -0.1) is 0 Å². The molecule has 2 unspecified atom stereocenters. The summed E-state index contributed by atoms with van der Waals surface area (Å²) in [6.07, 6.45) is 7.25. The Labute approximate surface area is 103 Å². The van der Waals surface area contributed by atoms with E-state index in [-0.39, 0.29) is 0 Å². The minimum atomic E-state index is 0.348. The molecule has 0 N–H and O–H groups in total. The maximum absolute atomic E-state index is 12.3. The van der Waals surface area contributed by atoms with Gasteiger partial charge in [-0.2, -0.15) is 0 Å². The number of Topliss-reactive ketones (excluding diaryl/α,β-unsaturated/α-hetero) is 1. The van der Waals surface area contributed by atoms with Gasteiger partial charge in [0.05, 0.1) is 0 Å². The van der Waals surface area contributed by atoms with Crippen molar-refractivity contribution in [2.24, 2.45) is 11.8 Å². The molecule has 0 aromatic heterocycles. The van der Waals surface area contributed by atoms with E-state index < -0.39 is 0 Å². The predicted octanol–water partition coefficient (Wildman–Crippen LogP) is 3.94. The van der Waals surface area contributed by atoms with Gasteiger partial charge in [-0.3, -0.25) is 4.79 Å². The van der Waals surface area contributed by atoms with Crippen molar-refractivity contribution in [2.75, 3.05) is 0 Å². The van der Waals surface area contributed by atoms with Gasteiger partial charge < -0.3 is 0 Å². The van der Waals surface area contributed by atoms with Crippen LogP contribution < -0.4 is 0 Å². The monoisotopic (exact) mass is 228 g/mol. The molecular weight excluding hydrogens is 208 g/mol. The Balaban J connectivity index is 1.62. The molecule has 0 heterocycles. The summed E-state index contributed by atoms with van der Waals surface area (Å²) < 4.78 is 0. The van der Waals surface area contributed by atoms with Crippen molar-refractivity contribution in [3.63, 3.8) is 0 Å². The molecule has 0 aliphatic heterocycles. The van der Waals surface area contributed by atoms with Crippen LogP contribution in [0, 0.1) is 11.8 Å². The maximum atomic E-state index is 12.3. The number of carbonyl (C=O) groups is 1. The van der Waals surface area contributed by atoms with Crippen molar-refractivity contribution in [2.45, 2.75) is 44.4 Å². The van der Waals surface area contributed by atoms with E-state index in [1.807, 2.05) is 6.07 Å². The first-order valence-electron chi connectivity index (χ1n) is 6.95. The second-order valence-corrected chi connectivity index (χ2v) is 5.60. The molecule has 2 saturated carbocycles. The average Bonchev–Trinajstić information content (AvgIpc) is 3.20. The topological polar surface area (TPSA) is 17.1 Å². The smallest absolute Gasteiger partial charge is 0.139 e. The molecule has 2 aliphatic rings. The molecular formula is C16H20O. The number of rotatable bonds is 3. The van der Waals surface area contributed by atoms with Gasteiger partial charge in [-0.25, -0.2) is 0 Å². The van der Waals surface area contributed by atoms with Gasteiger partial charge in [0.15, 0.2) is 0 Å². The lowest BCUT2D eigenvalue weighted by atomic mass is 9.84. The molecule has 0 spiro atoms. The van der Waals surface area contributed by atoms with Gasteiger partial charge in [0.25, 0.3) is 0 Å². The van der Waals surface area contributed by atoms with E-state index in [0.717, 1.165) is 19.3 Å². The van der Waals surface area contributed by atoms with Crippen LogP contribution in [-0.4, -0.2) is 5.78 Å². The Hall–Kier alpha value is -1.11. The fourth-order valence-electron chi connectivity index (χ4n) is 3.27. The fourth-order valence-corrected chi connectivity index (χ4v) is 3.27. The zero-order valence-corrected chi connectivity index (χ0v) is 10.3. The zero-order valence-electron chi connectivity index (χ0n) is 10.3. The minimum Gasteiger partial charge on any atom is -0.299 e. The van der Waals surface area contributed by atoms with Gasteiger partial charge >= 0.3 is 0 Å². The maximum Gasteiger partial charge on any atom is 0.139 e. The van der Waals surface area contributed by atoms with Crippen molar-refractivity contribution < 1.29 is 4.79 Å². The third-order valence-corrected chi connectivity index (χ3v) is 4.39. The van der Waals surface area contributed by atoms with Gasteiger partial charge in [-0.1, -0.05) is 49.6 Å². The van der Waals surface area contributed by atoms with Gasteiger partial charge in [0.1, 0.15) is 5.78 Å². The molecule has 0 bridgehead atoms. The number of hydrogen-bond donors (Lipinski definition) is 0. The number of ketones is 1. The van der Waals surface area contributed by atoms with Gasteiger partial charge in [0.2, 0.25) is 0 Å². The van der Waals surface area contributed by atoms with Crippen molar-refractivity contribution in [3.8, 4) is 0 Å². The van der Waals surface area contributed by atoms with Crippen molar-refractivity contribution in [1.82, 2.24) is 0 Å². The molecule has 1 aromatic rings. The summed E-state index contributed by atoms with van der Waals surface area (Å²) in [5.74, 6) is 1.84. The Morgan fingerprint density at radius 3 is 2.41 bits per heavy atom. The van der Waals surface area contributed by atoms with Crippen LogP contribution in [-0.2, 0) is 4.79 Å². The number of hydrogen-bond acceptors (Lipinski definition) is 1. The lowest BCUT2D eigenvalue weighted by Crippen LogP contribution is -2.19. The van der Waals surface area contributed by atoms with E-state index >= 15 is 0 Å². The van der Waals surface area contributed by atoms with Crippen LogP contribution in [0.25, 0.3) is 0 Å². The lowest BCUT2D eigenvalue weighted by molar-refractivity contribution is -0.125. The van der Waals surface area contributed by atoms with Gasteiger partial charge in [0, 0.05) is 11.8 Å². The Kier molecular flexibility index (Phi) is 3.00. The molecule has 1 nitrogen and oxygen atoms in total. The third kappa shape index (κ3) is 2.29. The average molecular weight is 228 g/mol. The van der Waals surface area contributed by atoms with Crippen LogP contribution in [0.3, 0.4) is 0 Å². The van der Waals surface area contributed by atoms with E-state index in [1.165, 1.54) is 24.8 Å². The largest absolute Gasteiger partial charge is 0.299 e. The normalized spacial score (nSPS) is 28.9. The molecule has 17 heavy (non-hydrogen) atoms. The quantitative estimate of drug-likeness (QED) is 0.766. The first kappa shape index (κ1) is 11.0. The zero-order chi connectivity index (χ0) is 11.7. The summed E-state index contributed by atoms with van der Waals surface area (Å²) in [6, 6.07) is 10.5. The molecule has 2 fully saturated rings. The SMILES string of the molecule is O=C(C1CCCCC1)C1CC1c1ccccc1. The molecule has 0 radical (unpaired) electrons. The first-order valence-corrected chi connectivity index (χ1v) is 6.95. The summed E-state index contributed by atoms with van der Waals surface area (Å²) in [5.41, 5.74) is 1.36. The summed E-state index contributed by atoms with van der Waals surface area (Å²) in [6.45, 7) is 0. The van der Waals surface area contributed by atoms with Crippen LogP contribution in [0.1, 0.15) is 50.0 Å². The predicted molar refractivity (Wildman–Crippen MR) is 68.9 cm³/mol. The molecule has 1 aromatic carbocycles. The summed E-state index contributed by atoms with van der Waals surface area (Å²) >= 11 is 0. The van der Waals surface area contributed by atoms with Crippen LogP contribution in [0.15, 0.2) is 30.3 Å². The van der Waals surface area contributed by atoms with Crippen LogP contribution >= 0.6 is 0 Å². The standard InChI is InChI=1S/C16H20O/c17-16(13-9-5-2-6-10-13)15-11-14(15)12-7-3-1-4-8-12/h1,3-4,7-8,13-15H,2,5-6,9-11H2. The third-order valence-electron chi connectivity index (χ3n) is 4.39.